The summed E-state index contributed by atoms with van der Waals surface area (Å²) in [6.07, 6.45) is -2.77. The van der Waals surface area contributed by atoms with E-state index in [1.54, 1.807) is 12.3 Å². The predicted octanol–water partition coefficient (Wildman–Crippen LogP) is 4.60. The van der Waals surface area contributed by atoms with E-state index in [1.165, 1.54) is 31.0 Å². The molecular formula is C17H13ClF3N3O3S. The van der Waals surface area contributed by atoms with Crippen molar-refractivity contribution in [3.05, 3.63) is 41.2 Å². The molecule has 2 aromatic rings. The highest BCUT2D eigenvalue weighted by Gasteiger charge is 2.32. The summed E-state index contributed by atoms with van der Waals surface area (Å²) in [4.78, 5) is 20.4. The van der Waals surface area contributed by atoms with Crippen molar-refractivity contribution in [1.82, 2.24) is 4.98 Å². The fourth-order valence-corrected chi connectivity index (χ4v) is 3.40. The molecule has 1 aromatic carbocycles. The third-order valence-electron chi connectivity index (χ3n) is 3.56. The van der Waals surface area contributed by atoms with Crippen LogP contribution >= 0.6 is 23.4 Å². The van der Waals surface area contributed by atoms with Gasteiger partial charge in [-0.15, -0.1) is 24.9 Å². The number of amides is 1. The number of hydrogen-bond donors (Lipinski definition) is 1. The SMILES string of the molecule is COc1ccc(NC(=O)CSC2=Nc3cnc(Cl)cc3C2)cc1OC(F)(F)F. The number of hydrogen-bond acceptors (Lipinski definition) is 6. The van der Waals surface area contributed by atoms with E-state index in [1.807, 2.05) is 0 Å². The minimum atomic E-state index is -4.88. The average molecular weight is 432 g/mol. The standard InChI is InChI=1S/C17H13ClF3N3O3S/c1-26-12-3-2-10(6-13(12)27-17(19,20)21)23-15(25)8-28-16-5-9-4-14(18)22-7-11(9)24-16/h2-4,6-7H,5,8H2,1H3,(H,23,25). The van der Waals surface area contributed by atoms with Gasteiger partial charge in [0.15, 0.2) is 11.5 Å². The maximum absolute atomic E-state index is 12.5. The number of thioether (sulfide) groups is 1. The van der Waals surface area contributed by atoms with E-state index in [2.05, 4.69) is 20.0 Å². The van der Waals surface area contributed by atoms with Crippen LogP contribution in [0.2, 0.25) is 5.15 Å². The lowest BCUT2D eigenvalue weighted by Crippen LogP contribution is -2.18. The third-order valence-corrected chi connectivity index (χ3v) is 4.74. The molecule has 11 heteroatoms. The first-order chi connectivity index (χ1) is 13.2. The molecule has 6 nitrogen and oxygen atoms in total. The molecule has 3 rings (SSSR count). The normalized spacial score (nSPS) is 13.0. The fourth-order valence-electron chi connectivity index (χ4n) is 2.43. The summed E-state index contributed by atoms with van der Waals surface area (Å²) < 4.78 is 46.2. The first-order valence-electron chi connectivity index (χ1n) is 7.82. The molecule has 148 valence electrons. The van der Waals surface area contributed by atoms with Crippen molar-refractivity contribution in [3.8, 4) is 11.5 Å². The number of carbonyl (C=O) groups excluding carboxylic acids is 1. The summed E-state index contributed by atoms with van der Waals surface area (Å²) >= 11 is 7.07. The highest BCUT2D eigenvalue weighted by molar-refractivity contribution is 8.14. The van der Waals surface area contributed by atoms with Crippen molar-refractivity contribution >= 4 is 45.7 Å². The molecule has 0 unspecified atom stereocenters. The molecule has 1 aliphatic heterocycles. The minimum Gasteiger partial charge on any atom is -0.493 e. The third kappa shape index (κ3) is 5.29. The number of nitrogens with one attached hydrogen (secondary N) is 1. The molecule has 0 radical (unpaired) electrons. The van der Waals surface area contributed by atoms with E-state index in [0.29, 0.717) is 17.3 Å². The molecule has 28 heavy (non-hydrogen) atoms. The van der Waals surface area contributed by atoms with Crippen LogP contribution < -0.4 is 14.8 Å². The number of benzene rings is 1. The van der Waals surface area contributed by atoms with Gasteiger partial charge in [-0.3, -0.25) is 4.79 Å². The fraction of sp³-hybridized carbons (Fsp3) is 0.235. The van der Waals surface area contributed by atoms with Crippen LogP contribution in [0.5, 0.6) is 11.5 Å². The van der Waals surface area contributed by atoms with Crippen LogP contribution in [-0.4, -0.2) is 35.2 Å². The molecule has 1 aliphatic rings. The smallest absolute Gasteiger partial charge is 0.493 e. The summed E-state index contributed by atoms with van der Waals surface area (Å²) in [5.74, 6) is -1.01. The number of methoxy groups -OCH3 is 1. The van der Waals surface area contributed by atoms with E-state index in [9.17, 15) is 18.0 Å². The van der Waals surface area contributed by atoms with Crippen LogP contribution in [-0.2, 0) is 11.2 Å². The Hall–Kier alpha value is -2.46. The minimum absolute atomic E-state index is 0.0372. The zero-order chi connectivity index (χ0) is 20.3. The zero-order valence-electron chi connectivity index (χ0n) is 14.3. The van der Waals surface area contributed by atoms with Crippen molar-refractivity contribution in [2.45, 2.75) is 12.8 Å². The van der Waals surface area contributed by atoms with Crippen LogP contribution in [0.3, 0.4) is 0 Å². The number of aliphatic imine (C=N–C) groups is 1. The average Bonchev–Trinajstić information content (AvgIpc) is 3.01. The maximum atomic E-state index is 12.5. The molecule has 0 bridgehead atoms. The lowest BCUT2D eigenvalue weighted by atomic mass is 10.2. The van der Waals surface area contributed by atoms with Crippen LogP contribution in [0, 0.1) is 0 Å². The second-order valence-electron chi connectivity index (χ2n) is 5.57. The predicted molar refractivity (Wildman–Crippen MR) is 101 cm³/mol. The Kier molecular flexibility index (Phi) is 5.99. The Morgan fingerprint density at radius 2 is 2.11 bits per heavy atom. The zero-order valence-corrected chi connectivity index (χ0v) is 15.9. The van der Waals surface area contributed by atoms with Gasteiger partial charge in [-0.1, -0.05) is 11.6 Å². The number of aromatic nitrogens is 1. The van der Waals surface area contributed by atoms with Gasteiger partial charge in [0.1, 0.15) is 5.15 Å². The topological polar surface area (TPSA) is 72.8 Å². The van der Waals surface area contributed by atoms with Gasteiger partial charge in [-0.25, -0.2) is 9.98 Å². The molecule has 0 aliphatic carbocycles. The van der Waals surface area contributed by atoms with E-state index in [0.717, 1.165) is 16.7 Å². The van der Waals surface area contributed by atoms with Crippen LogP contribution in [0.15, 0.2) is 35.5 Å². The van der Waals surface area contributed by atoms with Crippen LogP contribution in [0.4, 0.5) is 24.5 Å². The number of nitrogens with zero attached hydrogens (tertiary/aromatic N) is 2. The highest BCUT2D eigenvalue weighted by Crippen LogP contribution is 2.35. The van der Waals surface area contributed by atoms with Crippen molar-refractivity contribution in [3.63, 3.8) is 0 Å². The molecule has 2 heterocycles. The monoisotopic (exact) mass is 431 g/mol. The first kappa shape index (κ1) is 20.3. The maximum Gasteiger partial charge on any atom is 0.573 e. The molecule has 1 N–H and O–H groups in total. The van der Waals surface area contributed by atoms with Gasteiger partial charge in [-0.2, -0.15) is 0 Å². The largest absolute Gasteiger partial charge is 0.573 e. The van der Waals surface area contributed by atoms with Gasteiger partial charge >= 0.3 is 6.36 Å². The number of ether oxygens (including phenoxy) is 2. The second-order valence-corrected chi connectivity index (χ2v) is 7.00. The number of carbonyl (C=O) groups is 1. The number of anilines is 1. The molecule has 1 amide bonds. The van der Waals surface area contributed by atoms with Crippen molar-refractivity contribution in [1.29, 1.82) is 0 Å². The van der Waals surface area contributed by atoms with Crippen molar-refractivity contribution in [2.75, 3.05) is 18.2 Å². The molecule has 1 aromatic heterocycles. The van der Waals surface area contributed by atoms with E-state index in [-0.39, 0.29) is 17.2 Å². The number of pyridine rings is 1. The van der Waals surface area contributed by atoms with E-state index >= 15 is 0 Å². The number of fused-ring (bicyclic) bond motifs is 1. The van der Waals surface area contributed by atoms with E-state index < -0.39 is 18.0 Å². The molecule has 0 saturated heterocycles. The number of halogens is 4. The molecule has 0 atom stereocenters. The molecule has 0 saturated carbocycles. The van der Waals surface area contributed by atoms with Crippen LogP contribution in [0.1, 0.15) is 5.56 Å². The lowest BCUT2D eigenvalue weighted by Gasteiger charge is -2.14. The Bertz CT molecular complexity index is 938. The number of alkyl halides is 3. The van der Waals surface area contributed by atoms with Crippen molar-refractivity contribution in [2.24, 2.45) is 4.99 Å². The summed E-state index contributed by atoms with van der Waals surface area (Å²) in [5, 5.41) is 3.62. The Morgan fingerprint density at radius 1 is 1.32 bits per heavy atom. The Labute approximate surface area is 167 Å². The van der Waals surface area contributed by atoms with Crippen molar-refractivity contribution < 1.29 is 27.4 Å². The van der Waals surface area contributed by atoms with Gasteiger partial charge in [-0.05, 0) is 23.8 Å². The van der Waals surface area contributed by atoms with Gasteiger partial charge in [0.2, 0.25) is 5.91 Å². The first-order valence-corrected chi connectivity index (χ1v) is 9.18. The quantitative estimate of drug-likeness (QED) is 0.700. The summed E-state index contributed by atoms with van der Waals surface area (Å²) in [7, 11) is 1.22. The molecule has 0 spiro atoms. The van der Waals surface area contributed by atoms with Gasteiger partial charge in [0.05, 0.1) is 29.8 Å². The lowest BCUT2D eigenvalue weighted by molar-refractivity contribution is -0.275. The molecular weight excluding hydrogens is 419 g/mol. The molecule has 0 fully saturated rings. The van der Waals surface area contributed by atoms with Crippen LogP contribution in [0.25, 0.3) is 0 Å². The number of rotatable bonds is 5. The van der Waals surface area contributed by atoms with Gasteiger partial charge in [0.25, 0.3) is 0 Å². The summed E-state index contributed by atoms with van der Waals surface area (Å²) in [5.41, 5.74) is 1.78. The Morgan fingerprint density at radius 3 is 2.82 bits per heavy atom. The summed E-state index contributed by atoms with van der Waals surface area (Å²) in [6.45, 7) is 0. The van der Waals surface area contributed by atoms with E-state index in [4.69, 9.17) is 16.3 Å². The van der Waals surface area contributed by atoms with Gasteiger partial charge < -0.3 is 14.8 Å². The van der Waals surface area contributed by atoms with Gasteiger partial charge in [0, 0.05) is 18.2 Å². The summed E-state index contributed by atoms with van der Waals surface area (Å²) in [6, 6.07) is 5.46. The second kappa shape index (κ2) is 8.27. The Balaban J connectivity index is 1.59. The highest BCUT2D eigenvalue weighted by atomic mass is 35.5.